The molecule has 0 aliphatic rings. The number of carbonyl (C=O) groups excluding carboxylic acids is 1. The third-order valence-corrected chi connectivity index (χ3v) is 4.28. The quantitative estimate of drug-likeness (QED) is 0.664. The van der Waals surface area contributed by atoms with E-state index in [-0.39, 0.29) is 5.91 Å². The van der Waals surface area contributed by atoms with E-state index in [9.17, 15) is 4.79 Å². The fourth-order valence-electron chi connectivity index (χ4n) is 2.50. The van der Waals surface area contributed by atoms with Crippen LogP contribution >= 0.6 is 11.6 Å². The largest absolute Gasteiger partial charge is 0.497 e. The zero-order valence-electron chi connectivity index (χ0n) is 15.0. The first-order chi connectivity index (χ1) is 13.1. The normalized spacial score (nSPS) is 10.5. The molecule has 0 radical (unpaired) electrons. The van der Waals surface area contributed by atoms with Gasteiger partial charge in [-0.3, -0.25) is 4.79 Å². The van der Waals surface area contributed by atoms with Gasteiger partial charge in [-0.25, -0.2) is 4.98 Å². The minimum absolute atomic E-state index is 0.205. The lowest BCUT2D eigenvalue weighted by Crippen LogP contribution is -2.25. The number of carbonyl (C=O) groups is 1. The third-order valence-electron chi connectivity index (χ3n) is 3.97. The molecule has 2 aromatic carbocycles. The van der Waals surface area contributed by atoms with Crippen molar-refractivity contribution in [2.75, 3.05) is 20.8 Å². The van der Waals surface area contributed by atoms with Crippen LogP contribution in [0.2, 0.25) is 5.02 Å². The van der Waals surface area contributed by atoms with E-state index in [1.807, 2.05) is 24.3 Å². The molecule has 1 amide bonds. The number of nitrogens with zero attached hydrogens (tertiary/aromatic N) is 1. The summed E-state index contributed by atoms with van der Waals surface area (Å²) in [5.74, 6) is 1.56. The van der Waals surface area contributed by atoms with Gasteiger partial charge in [0.15, 0.2) is 0 Å². The first kappa shape index (κ1) is 18.8. The summed E-state index contributed by atoms with van der Waals surface area (Å²) in [6.07, 6.45) is 2.15. The Morgan fingerprint density at radius 1 is 1.15 bits per heavy atom. The van der Waals surface area contributed by atoms with Crippen molar-refractivity contribution in [3.05, 3.63) is 65.0 Å². The zero-order chi connectivity index (χ0) is 19.2. The van der Waals surface area contributed by atoms with Gasteiger partial charge >= 0.3 is 0 Å². The Bertz CT molecular complexity index is 922. The van der Waals surface area contributed by atoms with Gasteiger partial charge < -0.3 is 19.2 Å². The first-order valence-corrected chi connectivity index (χ1v) is 8.69. The molecule has 0 atom stereocenters. The molecule has 1 heterocycles. The van der Waals surface area contributed by atoms with Crippen LogP contribution in [0.15, 0.2) is 53.1 Å². The van der Waals surface area contributed by atoms with Crippen molar-refractivity contribution >= 4 is 17.5 Å². The van der Waals surface area contributed by atoms with Crippen LogP contribution in [-0.2, 0) is 6.42 Å². The summed E-state index contributed by atoms with van der Waals surface area (Å²) < 4.78 is 15.8. The lowest BCUT2D eigenvalue weighted by Gasteiger charge is -2.07. The van der Waals surface area contributed by atoms with E-state index in [0.29, 0.717) is 35.2 Å². The van der Waals surface area contributed by atoms with Crippen molar-refractivity contribution < 1.29 is 18.7 Å². The van der Waals surface area contributed by atoms with Crippen molar-refractivity contribution in [2.24, 2.45) is 0 Å². The van der Waals surface area contributed by atoms with E-state index in [4.69, 9.17) is 25.5 Å². The average molecular weight is 387 g/mol. The summed E-state index contributed by atoms with van der Waals surface area (Å²) in [7, 11) is 3.13. The molecule has 0 unspecified atom stereocenters. The van der Waals surface area contributed by atoms with E-state index < -0.39 is 0 Å². The highest BCUT2D eigenvalue weighted by Gasteiger charge is 2.10. The fourth-order valence-corrected chi connectivity index (χ4v) is 2.69. The smallest absolute Gasteiger partial charge is 0.251 e. The summed E-state index contributed by atoms with van der Waals surface area (Å²) >= 11 is 5.97. The Labute approximate surface area is 162 Å². The number of rotatable bonds is 7. The van der Waals surface area contributed by atoms with E-state index in [0.717, 1.165) is 17.0 Å². The predicted molar refractivity (Wildman–Crippen MR) is 103 cm³/mol. The highest BCUT2D eigenvalue weighted by Crippen LogP contribution is 2.25. The third kappa shape index (κ3) is 4.60. The maximum atomic E-state index is 12.2. The second-order valence-electron chi connectivity index (χ2n) is 5.73. The lowest BCUT2D eigenvalue weighted by atomic mass is 10.2. The summed E-state index contributed by atoms with van der Waals surface area (Å²) in [6.45, 7) is 0.429. The second kappa shape index (κ2) is 8.60. The summed E-state index contributed by atoms with van der Waals surface area (Å²) in [5.41, 5.74) is 2.10. The number of aromatic nitrogens is 1. The lowest BCUT2D eigenvalue weighted by molar-refractivity contribution is 0.0953. The van der Waals surface area contributed by atoms with Gasteiger partial charge in [0.1, 0.15) is 17.8 Å². The average Bonchev–Trinajstić information content (AvgIpc) is 3.17. The second-order valence-corrected chi connectivity index (χ2v) is 6.13. The monoisotopic (exact) mass is 386 g/mol. The number of amides is 1. The molecule has 0 saturated heterocycles. The molecule has 3 rings (SSSR count). The topological polar surface area (TPSA) is 73.6 Å². The van der Waals surface area contributed by atoms with E-state index >= 15 is 0 Å². The molecule has 3 aromatic rings. The Balaban J connectivity index is 1.56. The number of methoxy groups -OCH3 is 2. The molecule has 0 bridgehead atoms. The van der Waals surface area contributed by atoms with Gasteiger partial charge in [-0.2, -0.15) is 0 Å². The molecule has 6 nitrogen and oxygen atoms in total. The molecular weight excluding hydrogens is 368 g/mol. The van der Waals surface area contributed by atoms with Crippen molar-refractivity contribution in [3.8, 4) is 23.0 Å². The number of oxazole rings is 1. The Morgan fingerprint density at radius 3 is 2.63 bits per heavy atom. The molecule has 0 spiro atoms. The molecule has 7 heteroatoms. The summed E-state index contributed by atoms with van der Waals surface area (Å²) in [6, 6.07) is 12.3. The minimum atomic E-state index is -0.205. The molecule has 0 aliphatic carbocycles. The summed E-state index contributed by atoms with van der Waals surface area (Å²) in [5, 5.41) is 3.31. The van der Waals surface area contributed by atoms with Crippen LogP contribution in [0.5, 0.6) is 11.5 Å². The van der Waals surface area contributed by atoms with Crippen LogP contribution in [0.25, 0.3) is 11.5 Å². The van der Waals surface area contributed by atoms with Crippen molar-refractivity contribution in [2.45, 2.75) is 6.42 Å². The van der Waals surface area contributed by atoms with Crippen molar-refractivity contribution in [1.82, 2.24) is 10.3 Å². The Morgan fingerprint density at radius 2 is 1.93 bits per heavy atom. The molecule has 1 N–H and O–H groups in total. The van der Waals surface area contributed by atoms with Crippen LogP contribution < -0.4 is 14.8 Å². The predicted octanol–water partition coefficient (Wildman–Crippen LogP) is 3.98. The molecule has 0 saturated carbocycles. The van der Waals surface area contributed by atoms with Crippen LogP contribution in [0.1, 0.15) is 16.1 Å². The van der Waals surface area contributed by atoms with Gasteiger partial charge in [0, 0.05) is 24.1 Å². The maximum Gasteiger partial charge on any atom is 0.251 e. The van der Waals surface area contributed by atoms with Crippen molar-refractivity contribution in [1.29, 1.82) is 0 Å². The SMILES string of the molecule is COc1ccc(-c2nc(CCNC(=O)c3ccc(Cl)c(OC)c3)co2)cc1. The van der Waals surface area contributed by atoms with Gasteiger partial charge in [0.05, 0.1) is 24.9 Å². The number of hydrogen-bond donors (Lipinski definition) is 1. The molecule has 1 aromatic heterocycles. The van der Waals surface area contributed by atoms with E-state index in [2.05, 4.69) is 10.3 Å². The fraction of sp³-hybridized carbons (Fsp3) is 0.200. The number of ether oxygens (including phenoxy) is 2. The van der Waals surface area contributed by atoms with Gasteiger partial charge in [-0.15, -0.1) is 0 Å². The van der Waals surface area contributed by atoms with E-state index in [1.54, 1.807) is 31.6 Å². The Hall–Kier alpha value is -2.99. The number of halogens is 1. The van der Waals surface area contributed by atoms with E-state index in [1.165, 1.54) is 7.11 Å². The Kier molecular flexibility index (Phi) is 5.98. The standard InChI is InChI=1S/C20H19ClN2O4/c1-25-16-6-3-13(4-7-16)20-23-15(12-27-20)9-10-22-19(24)14-5-8-17(21)18(11-14)26-2/h3-8,11-12H,9-10H2,1-2H3,(H,22,24). The number of nitrogens with one attached hydrogen (secondary N) is 1. The highest BCUT2D eigenvalue weighted by atomic mass is 35.5. The van der Waals surface area contributed by atoms with Crippen LogP contribution in [0.4, 0.5) is 0 Å². The van der Waals surface area contributed by atoms with Crippen molar-refractivity contribution in [3.63, 3.8) is 0 Å². The van der Waals surface area contributed by atoms with Gasteiger partial charge in [-0.1, -0.05) is 11.6 Å². The first-order valence-electron chi connectivity index (χ1n) is 8.31. The summed E-state index contributed by atoms with van der Waals surface area (Å²) in [4.78, 5) is 16.7. The maximum absolute atomic E-state index is 12.2. The number of benzene rings is 2. The molecule has 27 heavy (non-hydrogen) atoms. The minimum Gasteiger partial charge on any atom is -0.497 e. The number of hydrogen-bond acceptors (Lipinski definition) is 5. The molecule has 0 fully saturated rings. The van der Waals surface area contributed by atoms with Crippen LogP contribution in [0.3, 0.4) is 0 Å². The zero-order valence-corrected chi connectivity index (χ0v) is 15.7. The van der Waals surface area contributed by atoms with Gasteiger partial charge in [0.25, 0.3) is 5.91 Å². The van der Waals surface area contributed by atoms with Crippen LogP contribution in [0, 0.1) is 0 Å². The van der Waals surface area contributed by atoms with Gasteiger partial charge in [0.2, 0.25) is 5.89 Å². The highest BCUT2D eigenvalue weighted by molar-refractivity contribution is 6.32. The molecular formula is C20H19ClN2O4. The molecule has 0 aliphatic heterocycles. The van der Waals surface area contributed by atoms with Crippen LogP contribution in [-0.4, -0.2) is 31.7 Å². The van der Waals surface area contributed by atoms with Gasteiger partial charge in [-0.05, 0) is 42.5 Å². The molecule has 140 valence electrons.